The van der Waals surface area contributed by atoms with E-state index in [1.807, 2.05) is 0 Å². The Bertz CT molecular complexity index is 452. The highest BCUT2D eigenvalue weighted by atomic mass is 16.5. The molecule has 0 spiro atoms. The SMILES string of the molecule is CCOC(=O)c1cc(O)c(C(=O)OC)cc1O. The molecular formula is C11H12O6. The number of hydrogen-bond donors (Lipinski definition) is 2. The first kappa shape index (κ1) is 12.8. The third kappa shape index (κ3) is 2.66. The van der Waals surface area contributed by atoms with Crippen molar-refractivity contribution in [3.05, 3.63) is 23.3 Å². The minimum atomic E-state index is -0.812. The molecule has 92 valence electrons. The van der Waals surface area contributed by atoms with Crippen molar-refractivity contribution < 1.29 is 29.3 Å². The average molecular weight is 240 g/mol. The minimum Gasteiger partial charge on any atom is -0.507 e. The molecule has 0 atom stereocenters. The highest BCUT2D eigenvalue weighted by molar-refractivity contribution is 5.98. The molecule has 0 amide bonds. The van der Waals surface area contributed by atoms with E-state index in [2.05, 4.69) is 9.47 Å². The molecule has 6 nitrogen and oxygen atoms in total. The van der Waals surface area contributed by atoms with Gasteiger partial charge >= 0.3 is 11.9 Å². The number of carbonyl (C=O) groups is 2. The zero-order valence-electron chi connectivity index (χ0n) is 9.39. The largest absolute Gasteiger partial charge is 0.507 e. The monoisotopic (exact) mass is 240 g/mol. The molecule has 0 aromatic heterocycles. The molecule has 0 radical (unpaired) electrons. The van der Waals surface area contributed by atoms with E-state index in [1.165, 1.54) is 0 Å². The first-order valence-corrected chi connectivity index (χ1v) is 4.82. The Balaban J connectivity index is 3.18. The molecule has 1 aromatic carbocycles. The second-order valence-electron chi connectivity index (χ2n) is 3.10. The minimum absolute atomic E-state index is 0.137. The second-order valence-corrected chi connectivity index (χ2v) is 3.10. The number of aromatic hydroxyl groups is 2. The lowest BCUT2D eigenvalue weighted by atomic mass is 10.1. The van der Waals surface area contributed by atoms with Crippen molar-refractivity contribution in [3.63, 3.8) is 0 Å². The molecule has 0 unspecified atom stereocenters. The van der Waals surface area contributed by atoms with E-state index in [0.717, 1.165) is 19.2 Å². The first-order valence-electron chi connectivity index (χ1n) is 4.82. The van der Waals surface area contributed by atoms with Gasteiger partial charge in [-0.2, -0.15) is 0 Å². The fraction of sp³-hybridized carbons (Fsp3) is 0.273. The number of carbonyl (C=O) groups excluding carboxylic acids is 2. The van der Waals surface area contributed by atoms with E-state index in [1.54, 1.807) is 6.92 Å². The number of phenols is 2. The quantitative estimate of drug-likeness (QED) is 0.606. The maximum atomic E-state index is 11.4. The van der Waals surface area contributed by atoms with E-state index in [9.17, 15) is 19.8 Å². The number of methoxy groups -OCH3 is 1. The molecule has 0 saturated heterocycles. The van der Waals surface area contributed by atoms with E-state index < -0.39 is 23.4 Å². The molecule has 1 rings (SSSR count). The van der Waals surface area contributed by atoms with Gasteiger partial charge in [-0.05, 0) is 19.1 Å². The summed E-state index contributed by atoms with van der Waals surface area (Å²) in [6.45, 7) is 1.75. The third-order valence-electron chi connectivity index (χ3n) is 2.01. The van der Waals surface area contributed by atoms with Crippen molar-refractivity contribution in [2.75, 3.05) is 13.7 Å². The average Bonchev–Trinajstić information content (AvgIpc) is 2.30. The van der Waals surface area contributed by atoms with Crippen molar-refractivity contribution >= 4 is 11.9 Å². The number of hydrogen-bond acceptors (Lipinski definition) is 6. The molecular weight excluding hydrogens is 228 g/mol. The smallest absolute Gasteiger partial charge is 0.342 e. The Morgan fingerprint density at radius 1 is 1.12 bits per heavy atom. The van der Waals surface area contributed by atoms with Gasteiger partial charge in [-0.25, -0.2) is 9.59 Å². The van der Waals surface area contributed by atoms with E-state index >= 15 is 0 Å². The van der Waals surface area contributed by atoms with Gasteiger partial charge in [0.25, 0.3) is 0 Å². The van der Waals surface area contributed by atoms with Crippen LogP contribution < -0.4 is 0 Å². The Morgan fingerprint density at radius 3 is 2.00 bits per heavy atom. The fourth-order valence-electron chi connectivity index (χ4n) is 1.22. The normalized spacial score (nSPS) is 9.76. The predicted molar refractivity (Wildman–Crippen MR) is 57.1 cm³/mol. The number of esters is 2. The van der Waals surface area contributed by atoms with Crippen LogP contribution in [0, 0.1) is 0 Å². The Hall–Kier alpha value is -2.24. The fourth-order valence-corrected chi connectivity index (χ4v) is 1.22. The summed E-state index contributed by atoms with van der Waals surface area (Å²) in [6.07, 6.45) is 0. The zero-order chi connectivity index (χ0) is 13.0. The Morgan fingerprint density at radius 2 is 1.59 bits per heavy atom. The summed E-state index contributed by atoms with van der Waals surface area (Å²) < 4.78 is 9.06. The van der Waals surface area contributed by atoms with Crippen LogP contribution in [0.25, 0.3) is 0 Å². The predicted octanol–water partition coefficient (Wildman–Crippen LogP) is 1.06. The van der Waals surface area contributed by atoms with Crippen molar-refractivity contribution in [2.45, 2.75) is 6.92 Å². The van der Waals surface area contributed by atoms with Crippen LogP contribution in [-0.4, -0.2) is 35.9 Å². The molecule has 6 heteroatoms. The third-order valence-corrected chi connectivity index (χ3v) is 2.01. The van der Waals surface area contributed by atoms with Gasteiger partial charge in [0.1, 0.15) is 22.6 Å². The molecule has 0 heterocycles. The Kier molecular flexibility index (Phi) is 3.92. The molecule has 0 aliphatic carbocycles. The van der Waals surface area contributed by atoms with Gasteiger partial charge < -0.3 is 19.7 Å². The number of phenolic OH excluding ortho intramolecular Hbond substituents is 2. The molecule has 0 aliphatic rings. The van der Waals surface area contributed by atoms with E-state index in [0.29, 0.717) is 0 Å². The first-order chi connectivity index (χ1) is 8.01. The topological polar surface area (TPSA) is 93.1 Å². The standard InChI is InChI=1S/C11H12O6/c1-3-17-11(15)7-5-8(12)6(4-9(7)13)10(14)16-2/h4-5,12-13H,3H2,1-2H3. The van der Waals surface area contributed by atoms with Crippen LogP contribution in [0.2, 0.25) is 0 Å². The maximum absolute atomic E-state index is 11.4. The van der Waals surface area contributed by atoms with Gasteiger partial charge in [0.15, 0.2) is 0 Å². The molecule has 0 fully saturated rings. The molecule has 0 saturated carbocycles. The Labute approximate surface area is 97.4 Å². The summed E-state index contributed by atoms with van der Waals surface area (Å²) in [4.78, 5) is 22.5. The van der Waals surface area contributed by atoms with Crippen molar-refractivity contribution in [2.24, 2.45) is 0 Å². The summed E-state index contributed by atoms with van der Waals surface area (Å²) in [5, 5.41) is 19.1. The van der Waals surface area contributed by atoms with Gasteiger partial charge in [-0.3, -0.25) is 0 Å². The van der Waals surface area contributed by atoms with Crippen LogP contribution in [-0.2, 0) is 9.47 Å². The van der Waals surface area contributed by atoms with Gasteiger partial charge in [0.2, 0.25) is 0 Å². The number of ether oxygens (including phenoxy) is 2. The molecule has 0 aliphatic heterocycles. The molecule has 0 bridgehead atoms. The van der Waals surface area contributed by atoms with Crippen molar-refractivity contribution in [1.29, 1.82) is 0 Å². The molecule has 2 N–H and O–H groups in total. The van der Waals surface area contributed by atoms with Crippen molar-refractivity contribution in [1.82, 2.24) is 0 Å². The molecule has 17 heavy (non-hydrogen) atoms. The highest BCUT2D eigenvalue weighted by Crippen LogP contribution is 2.28. The van der Waals surface area contributed by atoms with Crippen LogP contribution >= 0.6 is 0 Å². The summed E-state index contributed by atoms with van der Waals surface area (Å²) >= 11 is 0. The van der Waals surface area contributed by atoms with Crippen LogP contribution in [0.3, 0.4) is 0 Å². The lowest BCUT2D eigenvalue weighted by Crippen LogP contribution is -2.07. The number of benzene rings is 1. The van der Waals surface area contributed by atoms with E-state index in [4.69, 9.17) is 0 Å². The van der Waals surface area contributed by atoms with Gasteiger partial charge in [0, 0.05) is 0 Å². The van der Waals surface area contributed by atoms with Crippen molar-refractivity contribution in [3.8, 4) is 11.5 Å². The summed E-state index contributed by atoms with van der Waals surface area (Å²) in [5.74, 6) is -2.51. The van der Waals surface area contributed by atoms with Crippen LogP contribution in [0.15, 0.2) is 12.1 Å². The lowest BCUT2D eigenvalue weighted by Gasteiger charge is -2.08. The van der Waals surface area contributed by atoms with Gasteiger partial charge in [0.05, 0.1) is 13.7 Å². The number of rotatable bonds is 3. The zero-order valence-corrected chi connectivity index (χ0v) is 9.39. The van der Waals surface area contributed by atoms with E-state index in [-0.39, 0.29) is 17.7 Å². The lowest BCUT2D eigenvalue weighted by molar-refractivity contribution is 0.0519. The molecule has 1 aromatic rings. The van der Waals surface area contributed by atoms with Crippen LogP contribution in [0.5, 0.6) is 11.5 Å². The van der Waals surface area contributed by atoms with Gasteiger partial charge in [-0.15, -0.1) is 0 Å². The summed E-state index contributed by atoms with van der Waals surface area (Å²) in [6, 6.07) is 1.91. The van der Waals surface area contributed by atoms with Gasteiger partial charge in [-0.1, -0.05) is 0 Å². The summed E-state index contributed by atoms with van der Waals surface area (Å²) in [5.41, 5.74) is -0.435. The highest BCUT2D eigenvalue weighted by Gasteiger charge is 2.19. The summed E-state index contributed by atoms with van der Waals surface area (Å²) in [7, 11) is 1.14. The van der Waals surface area contributed by atoms with Crippen LogP contribution in [0.1, 0.15) is 27.6 Å². The second kappa shape index (κ2) is 5.20. The van der Waals surface area contributed by atoms with Crippen LogP contribution in [0.4, 0.5) is 0 Å². The maximum Gasteiger partial charge on any atom is 0.342 e.